The number of nitrogens with two attached hydrogens (primary N) is 1. The summed E-state index contributed by atoms with van der Waals surface area (Å²) < 4.78 is 5.58. The van der Waals surface area contributed by atoms with Crippen molar-refractivity contribution in [1.82, 2.24) is 0 Å². The van der Waals surface area contributed by atoms with Gasteiger partial charge in [0, 0.05) is 0 Å². The summed E-state index contributed by atoms with van der Waals surface area (Å²) in [5.41, 5.74) is 6.59. The Morgan fingerprint density at radius 1 is 1.33 bits per heavy atom. The summed E-state index contributed by atoms with van der Waals surface area (Å²) in [6.07, 6.45) is -0.686. The highest BCUT2D eigenvalue weighted by molar-refractivity contribution is 7.14. The minimum Gasteiger partial charge on any atom is -0.481 e. The Morgan fingerprint density at radius 2 is 2.10 bits per heavy atom. The molecule has 6 heteroatoms. The van der Waals surface area contributed by atoms with Crippen LogP contribution in [0.25, 0.3) is 0 Å². The molecule has 0 bridgehead atoms. The third-order valence-electron chi connectivity index (χ3n) is 2.84. The van der Waals surface area contributed by atoms with E-state index in [0.29, 0.717) is 16.3 Å². The predicted octanol–water partition coefficient (Wildman–Crippen LogP) is 2.56. The van der Waals surface area contributed by atoms with Gasteiger partial charge in [0.25, 0.3) is 11.8 Å². The van der Waals surface area contributed by atoms with Crippen molar-refractivity contribution < 1.29 is 14.3 Å². The predicted molar refractivity (Wildman–Crippen MR) is 82.7 cm³/mol. The first-order valence-electron chi connectivity index (χ1n) is 6.39. The molecular weight excluding hydrogens is 288 g/mol. The van der Waals surface area contributed by atoms with E-state index in [0.717, 1.165) is 5.56 Å². The second-order valence-electron chi connectivity index (χ2n) is 4.59. The first kappa shape index (κ1) is 15.1. The Labute approximate surface area is 126 Å². The van der Waals surface area contributed by atoms with Crippen molar-refractivity contribution in [2.45, 2.75) is 20.0 Å². The lowest BCUT2D eigenvalue weighted by Crippen LogP contribution is -2.30. The van der Waals surface area contributed by atoms with Gasteiger partial charge in [0.05, 0.1) is 5.56 Å². The Bertz CT molecular complexity index is 666. The van der Waals surface area contributed by atoms with Gasteiger partial charge in [-0.2, -0.15) is 0 Å². The molecular formula is C15H16N2O3S. The van der Waals surface area contributed by atoms with Gasteiger partial charge in [-0.15, -0.1) is 11.3 Å². The first-order chi connectivity index (χ1) is 9.97. The summed E-state index contributed by atoms with van der Waals surface area (Å²) in [6.45, 7) is 3.59. The lowest BCUT2D eigenvalue weighted by Gasteiger charge is -2.14. The molecule has 2 aromatic rings. The van der Waals surface area contributed by atoms with Crippen molar-refractivity contribution in [1.29, 1.82) is 0 Å². The van der Waals surface area contributed by atoms with E-state index in [1.807, 2.05) is 25.1 Å². The number of rotatable bonds is 5. The molecule has 0 saturated heterocycles. The number of primary amides is 1. The van der Waals surface area contributed by atoms with E-state index < -0.39 is 12.0 Å². The normalized spacial score (nSPS) is 11.7. The van der Waals surface area contributed by atoms with E-state index in [-0.39, 0.29) is 5.91 Å². The monoisotopic (exact) mass is 304 g/mol. The Morgan fingerprint density at radius 3 is 2.76 bits per heavy atom. The van der Waals surface area contributed by atoms with Crippen LogP contribution in [-0.2, 0) is 4.79 Å². The highest BCUT2D eigenvalue weighted by Gasteiger charge is 2.18. The Hall–Kier alpha value is -2.34. The van der Waals surface area contributed by atoms with E-state index in [1.165, 1.54) is 11.3 Å². The zero-order chi connectivity index (χ0) is 15.4. The van der Waals surface area contributed by atoms with Crippen molar-refractivity contribution in [2.24, 2.45) is 5.73 Å². The molecule has 1 unspecified atom stereocenters. The van der Waals surface area contributed by atoms with E-state index in [4.69, 9.17) is 10.5 Å². The van der Waals surface area contributed by atoms with Crippen molar-refractivity contribution >= 4 is 28.2 Å². The van der Waals surface area contributed by atoms with Gasteiger partial charge in [0.1, 0.15) is 10.8 Å². The highest BCUT2D eigenvalue weighted by Crippen LogP contribution is 2.23. The fourth-order valence-corrected chi connectivity index (χ4v) is 2.56. The molecule has 1 heterocycles. The number of carbonyl (C=O) groups is 2. The lowest BCUT2D eigenvalue weighted by atomic mass is 10.2. The van der Waals surface area contributed by atoms with Gasteiger partial charge in [0.2, 0.25) is 0 Å². The van der Waals surface area contributed by atoms with Crippen LogP contribution in [0.4, 0.5) is 5.00 Å². The van der Waals surface area contributed by atoms with Gasteiger partial charge in [-0.25, -0.2) is 0 Å². The van der Waals surface area contributed by atoms with E-state index in [2.05, 4.69) is 5.32 Å². The van der Waals surface area contributed by atoms with Crippen LogP contribution in [0.1, 0.15) is 22.8 Å². The van der Waals surface area contributed by atoms with Gasteiger partial charge in [-0.05, 0) is 43.0 Å². The number of amides is 2. The number of ether oxygens (including phenoxy) is 1. The van der Waals surface area contributed by atoms with Gasteiger partial charge in [-0.1, -0.05) is 12.1 Å². The van der Waals surface area contributed by atoms with Crippen LogP contribution in [-0.4, -0.2) is 17.9 Å². The van der Waals surface area contributed by atoms with Crippen molar-refractivity contribution in [3.8, 4) is 5.75 Å². The third-order valence-corrected chi connectivity index (χ3v) is 3.67. The average Bonchev–Trinajstić information content (AvgIpc) is 2.87. The number of hydrogen-bond acceptors (Lipinski definition) is 4. The molecule has 1 aromatic heterocycles. The van der Waals surface area contributed by atoms with E-state index in [1.54, 1.807) is 24.4 Å². The summed E-state index contributed by atoms with van der Waals surface area (Å²) in [4.78, 5) is 23.3. The zero-order valence-electron chi connectivity index (χ0n) is 11.8. The molecule has 0 aliphatic rings. The molecule has 0 radical (unpaired) electrons. The van der Waals surface area contributed by atoms with Crippen LogP contribution in [0.5, 0.6) is 5.75 Å². The molecule has 5 nitrogen and oxygen atoms in total. The summed E-state index contributed by atoms with van der Waals surface area (Å²) in [7, 11) is 0. The molecule has 0 spiro atoms. The SMILES string of the molecule is Cc1cccc(OC(C)C(=O)Nc2sccc2C(N)=O)c1. The molecule has 0 saturated carbocycles. The number of aryl methyl sites for hydroxylation is 1. The van der Waals surface area contributed by atoms with Crippen LogP contribution >= 0.6 is 11.3 Å². The number of benzene rings is 1. The summed E-state index contributed by atoms with van der Waals surface area (Å²) in [6, 6.07) is 9.03. The average molecular weight is 304 g/mol. The minimum atomic E-state index is -0.686. The molecule has 21 heavy (non-hydrogen) atoms. The Balaban J connectivity index is 2.03. The molecule has 3 N–H and O–H groups in total. The molecule has 1 aromatic carbocycles. The molecule has 2 amide bonds. The molecule has 0 fully saturated rings. The van der Waals surface area contributed by atoms with Gasteiger partial charge in [0.15, 0.2) is 6.10 Å². The number of anilines is 1. The molecule has 1 atom stereocenters. The highest BCUT2D eigenvalue weighted by atomic mass is 32.1. The van der Waals surface area contributed by atoms with Crippen LogP contribution in [0.15, 0.2) is 35.7 Å². The second-order valence-corrected chi connectivity index (χ2v) is 5.51. The fraction of sp³-hybridized carbons (Fsp3) is 0.200. The standard InChI is InChI=1S/C15H16N2O3S/c1-9-4-3-5-11(8-9)20-10(2)14(19)17-15-12(13(16)18)6-7-21-15/h3-8,10H,1-2H3,(H2,16,18)(H,17,19). The maximum Gasteiger partial charge on any atom is 0.265 e. The summed E-state index contributed by atoms with van der Waals surface area (Å²) >= 11 is 1.24. The third kappa shape index (κ3) is 3.82. The number of thiophene rings is 1. The maximum atomic E-state index is 12.1. The molecule has 110 valence electrons. The smallest absolute Gasteiger partial charge is 0.265 e. The first-order valence-corrected chi connectivity index (χ1v) is 7.27. The zero-order valence-corrected chi connectivity index (χ0v) is 12.6. The van der Waals surface area contributed by atoms with Crippen LogP contribution < -0.4 is 15.8 Å². The lowest BCUT2D eigenvalue weighted by molar-refractivity contribution is -0.122. The Kier molecular flexibility index (Phi) is 4.59. The summed E-state index contributed by atoms with van der Waals surface area (Å²) in [5, 5.41) is 4.79. The van der Waals surface area contributed by atoms with Crippen LogP contribution in [0, 0.1) is 6.92 Å². The second kappa shape index (κ2) is 6.41. The molecule has 0 aliphatic heterocycles. The minimum absolute atomic E-state index is 0.302. The quantitative estimate of drug-likeness (QED) is 0.890. The number of carbonyl (C=O) groups excluding carboxylic acids is 2. The van der Waals surface area contributed by atoms with Gasteiger partial charge < -0.3 is 15.8 Å². The number of hydrogen-bond donors (Lipinski definition) is 2. The van der Waals surface area contributed by atoms with Crippen molar-refractivity contribution in [3.05, 3.63) is 46.8 Å². The number of nitrogens with one attached hydrogen (secondary N) is 1. The van der Waals surface area contributed by atoms with Crippen LogP contribution in [0.2, 0.25) is 0 Å². The largest absolute Gasteiger partial charge is 0.481 e. The maximum absolute atomic E-state index is 12.1. The van der Waals surface area contributed by atoms with E-state index >= 15 is 0 Å². The van der Waals surface area contributed by atoms with Gasteiger partial charge in [-0.3, -0.25) is 9.59 Å². The molecule has 0 aliphatic carbocycles. The van der Waals surface area contributed by atoms with Gasteiger partial charge >= 0.3 is 0 Å². The van der Waals surface area contributed by atoms with Crippen LogP contribution in [0.3, 0.4) is 0 Å². The van der Waals surface area contributed by atoms with E-state index in [9.17, 15) is 9.59 Å². The topological polar surface area (TPSA) is 81.4 Å². The fourth-order valence-electron chi connectivity index (χ4n) is 1.76. The van der Waals surface area contributed by atoms with Crippen molar-refractivity contribution in [2.75, 3.05) is 5.32 Å². The van der Waals surface area contributed by atoms with Crippen molar-refractivity contribution in [3.63, 3.8) is 0 Å². The molecule has 2 rings (SSSR count). The summed E-state index contributed by atoms with van der Waals surface area (Å²) in [5.74, 6) is -0.279.